The molecule has 0 aliphatic carbocycles. The molecule has 0 saturated heterocycles. The van der Waals surface area contributed by atoms with E-state index >= 15 is 8.78 Å². The van der Waals surface area contributed by atoms with Crippen molar-refractivity contribution in [3.8, 4) is 11.1 Å². The number of halogens is 3. The number of aromatic amines is 1. The Bertz CT molecular complexity index is 1160. The summed E-state index contributed by atoms with van der Waals surface area (Å²) in [5.74, 6) is -2.18. The molecule has 1 aliphatic rings. The van der Waals surface area contributed by atoms with Gasteiger partial charge in [-0.15, -0.1) is 0 Å². The summed E-state index contributed by atoms with van der Waals surface area (Å²) in [5, 5.41) is 4.33. The third-order valence-corrected chi connectivity index (χ3v) is 6.13. The molecule has 158 valence electrons. The molecule has 3 aromatic rings. The van der Waals surface area contributed by atoms with Gasteiger partial charge in [0, 0.05) is 40.7 Å². The molecule has 0 unspecified atom stereocenters. The number of ether oxygens (including phenoxy) is 1. The van der Waals surface area contributed by atoms with Crippen LogP contribution in [0.15, 0.2) is 30.5 Å². The SMILES string of the molecule is CCC(=O)O[C@H]1[C@H](C)c2c(cc(F)c(-c3cccc4c(Cl)c[nH]c34)c2F)NC1(C)C. The molecular formula is C23H23ClF2N2O2. The summed E-state index contributed by atoms with van der Waals surface area (Å²) in [6, 6.07) is 6.47. The number of fused-ring (bicyclic) bond motifs is 2. The van der Waals surface area contributed by atoms with Gasteiger partial charge in [-0.1, -0.05) is 43.6 Å². The zero-order valence-electron chi connectivity index (χ0n) is 17.2. The first kappa shape index (κ1) is 20.7. The maximum atomic E-state index is 15.9. The highest BCUT2D eigenvalue weighted by molar-refractivity contribution is 6.36. The molecule has 0 saturated carbocycles. The number of rotatable bonds is 3. The number of aromatic nitrogens is 1. The van der Waals surface area contributed by atoms with Crippen molar-refractivity contribution in [3.05, 3.63) is 52.7 Å². The standard InChI is InChI=1S/C23H23ClF2N2O2/c1-5-17(29)30-22-11(2)18-16(28-23(22,3)4)9-15(25)19(20(18)26)13-8-6-7-12-14(24)10-27-21(12)13/h6-11,22,27-28H,5H2,1-4H3/t11-,22+/m1/s1. The lowest BCUT2D eigenvalue weighted by Crippen LogP contribution is -2.52. The fourth-order valence-electron chi connectivity index (χ4n) is 4.43. The molecule has 2 N–H and O–H groups in total. The fraction of sp³-hybridized carbons (Fsp3) is 0.348. The summed E-state index contributed by atoms with van der Waals surface area (Å²) in [6.45, 7) is 7.21. The van der Waals surface area contributed by atoms with E-state index in [1.54, 1.807) is 38.2 Å². The minimum atomic E-state index is -0.690. The number of carbonyl (C=O) groups is 1. The zero-order valence-corrected chi connectivity index (χ0v) is 18.0. The maximum Gasteiger partial charge on any atom is 0.305 e. The van der Waals surface area contributed by atoms with Gasteiger partial charge in [-0.25, -0.2) is 8.78 Å². The van der Waals surface area contributed by atoms with Crippen molar-refractivity contribution in [2.24, 2.45) is 0 Å². The van der Waals surface area contributed by atoms with Gasteiger partial charge in [0.25, 0.3) is 0 Å². The van der Waals surface area contributed by atoms with Crippen LogP contribution in [0.4, 0.5) is 14.5 Å². The van der Waals surface area contributed by atoms with E-state index < -0.39 is 29.2 Å². The summed E-state index contributed by atoms with van der Waals surface area (Å²) in [7, 11) is 0. The molecule has 30 heavy (non-hydrogen) atoms. The highest BCUT2D eigenvalue weighted by Gasteiger charge is 2.44. The second kappa shape index (κ2) is 7.27. The van der Waals surface area contributed by atoms with Gasteiger partial charge in [0.2, 0.25) is 0 Å². The molecule has 2 aromatic carbocycles. The van der Waals surface area contributed by atoms with Gasteiger partial charge in [-0.3, -0.25) is 4.79 Å². The lowest BCUT2D eigenvalue weighted by atomic mass is 9.77. The number of carbonyl (C=O) groups excluding carboxylic acids is 1. The molecule has 2 atom stereocenters. The van der Waals surface area contributed by atoms with Crippen LogP contribution in [-0.4, -0.2) is 22.6 Å². The first-order valence-corrected chi connectivity index (χ1v) is 10.3. The molecular weight excluding hydrogens is 410 g/mol. The molecule has 0 amide bonds. The molecule has 2 heterocycles. The largest absolute Gasteiger partial charge is 0.459 e. The van der Waals surface area contributed by atoms with E-state index in [4.69, 9.17) is 16.3 Å². The number of anilines is 1. The molecule has 0 spiro atoms. The Labute approximate surface area is 178 Å². The molecule has 0 radical (unpaired) electrons. The number of hydrogen-bond acceptors (Lipinski definition) is 3. The number of benzene rings is 2. The van der Waals surface area contributed by atoms with Crippen molar-refractivity contribution < 1.29 is 18.3 Å². The summed E-state index contributed by atoms with van der Waals surface area (Å²) in [4.78, 5) is 15.0. The number of hydrogen-bond donors (Lipinski definition) is 2. The van der Waals surface area contributed by atoms with E-state index in [1.165, 1.54) is 6.07 Å². The summed E-state index contributed by atoms with van der Waals surface area (Å²) >= 11 is 6.19. The van der Waals surface area contributed by atoms with Crippen molar-refractivity contribution in [1.29, 1.82) is 0 Å². The number of nitrogens with one attached hydrogen (secondary N) is 2. The average Bonchev–Trinajstić information content (AvgIpc) is 3.06. The van der Waals surface area contributed by atoms with Gasteiger partial charge in [0.15, 0.2) is 0 Å². The molecule has 1 aliphatic heterocycles. The molecule has 7 heteroatoms. The Morgan fingerprint density at radius 1 is 1.30 bits per heavy atom. The van der Waals surface area contributed by atoms with Crippen molar-refractivity contribution in [2.75, 3.05) is 5.32 Å². The van der Waals surface area contributed by atoms with Crippen LogP contribution >= 0.6 is 11.6 Å². The van der Waals surface area contributed by atoms with Crippen LogP contribution in [0.25, 0.3) is 22.0 Å². The van der Waals surface area contributed by atoms with Crippen LogP contribution in [0, 0.1) is 11.6 Å². The summed E-state index contributed by atoms with van der Waals surface area (Å²) in [5.41, 5.74) is 0.792. The van der Waals surface area contributed by atoms with Gasteiger partial charge >= 0.3 is 5.97 Å². The van der Waals surface area contributed by atoms with E-state index in [2.05, 4.69) is 10.3 Å². The second-order valence-electron chi connectivity index (χ2n) is 8.27. The number of esters is 1. The van der Waals surface area contributed by atoms with Crippen LogP contribution in [-0.2, 0) is 9.53 Å². The van der Waals surface area contributed by atoms with Crippen LogP contribution < -0.4 is 5.32 Å². The second-order valence-corrected chi connectivity index (χ2v) is 8.68. The van der Waals surface area contributed by atoms with Crippen LogP contribution in [0.5, 0.6) is 0 Å². The third-order valence-electron chi connectivity index (χ3n) is 5.82. The van der Waals surface area contributed by atoms with Crippen molar-refractivity contribution in [2.45, 2.75) is 51.7 Å². The first-order valence-electron chi connectivity index (χ1n) is 9.91. The minimum Gasteiger partial charge on any atom is -0.459 e. The third kappa shape index (κ3) is 3.14. The fourth-order valence-corrected chi connectivity index (χ4v) is 4.64. The lowest BCUT2D eigenvalue weighted by Gasteiger charge is -2.44. The Balaban J connectivity index is 1.91. The Hall–Kier alpha value is -2.60. The number of H-pyrrole nitrogens is 1. The van der Waals surface area contributed by atoms with Crippen LogP contribution in [0.3, 0.4) is 0 Å². The Morgan fingerprint density at radius 2 is 2.03 bits per heavy atom. The van der Waals surface area contributed by atoms with Crippen molar-refractivity contribution >= 4 is 34.2 Å². The summed E-state index contributed by atoms with van der Waals surface area (Å²) < 4.78 is 36.7. The topological polar surface area (TPSA) is 54.1 Å². The van der Waals surface area contributed by atoms with Crippen LogP contribution in [0.2, 0.25) is 5.02 Å². The highest BCUT2D eigenvalue weighted by Crippen LogP contribution is 2.46. The highest BCUT2D eigenvalue weighted by atomic mass is 35.5. The van der Waals surface area contributed by atoms with Gasteiger partial charge in [0.05, 0.1) is 21.6 Å². The van der Waals surface area contributed by atoms with E-state index in [9.17, 15) is 4.79 Å². The predicted octanol–water partition coefficient (Wildman–Crippen LogP) is 6.40. The Morgan fingerprint density at radius 3 is 2.73 bits per heavy atom. The van der Waals surface area contributed by atoms with E-state index in [1.807, 2.05) is 13.8 Å². The molecule has 4 rings (SSSR count). The van der Waals surface area contributed by atoms with E-state index in [-0.39, 0.29) is 18.0 Å². The molecule has 1 aromatic heterocycles. The molecule has 4 nitrogen and oxygen atoms in total. The first-order chi connectivity index (χ1) is 14.2. The quantitative estimate of drug-likeness (QED) is 0.471. The zero-order chi connectivity index (χ0) is 21.8. The predicted molar refractivity (Wildman–Crippen MR) is 115 cm³/mol. The summed E-state index contributed by atoms with van der Waals surface area (Å²) in [6.07, 6.45) is 1.21. The smallest absolute Gasteiger partial charge is 0.305 e. The van der Waals surface area contributed by atoms with Crippen molar-refractivity contribution in [3.63, 3.8) is 0 Å². The number of para-hydroxylation sites is 1. The maximum absolute atomic E-state index is 15.9. The monoisotopic (exact) mass is 432 g/mol. The van der Waals surface area contributed by atoms with Gasteiger partial charge in [-0.05, 0) is 19.9 Å². The van der Waals surface area contributed by atoms with Crippen molar-refractivity contribution in [1.82, 2.24) is 4.98 Å². The minimum absolute atomic E-state index is 0.133. The van der Waals surface area contributed by atoms with E-state index in [0.717, 1.165) is 0 Å². The molecule has 0 bridgehead atoms. The molecule has 0 fully saturated rings. The average molecular weight is 433 g/mol. The van der Waals surface area contributed by atoms with Gasteiger partial charge < -0.3 is 15.0 Å². The van der Waals surface area contributed by atoms with E-state index in [0.29, 0.717) is 32.7 Å². The van der Waals surface area contributed by atoms with Gasteiger partial charge in [0.1, 0.15) is 17.7 Å². The lowest BCUT2D eigenvalue weighted by molar-refractivity contribution is -0.152. The van der Waals surface area contributed by atoms with Gasteiger partial charge in [-0.2, -0.15) is 0 Å². The Kier molecular flexibility index (Phi) is 5.01. The van der Waals surface area contributed by atoms with Crippen LogP contribution in [0.1, 0.15) is 45.6 Å². The normalized spacial score (nSPS) is 20.0.